The van der Waals surface area contributed by atoms with Gasteiger partial charge in [-0.1, -0.05) is 30.9 Å². The van der Waals surface area contributed by atoms with Crippen molar-refractivity contribution < 1.29 is 18.7 Å². The van der Waals surface area contributed by atoms with Gasteiger partial charge in [-0.2, -0.15) is 5.10 Å². The third kappa shape index (κ3) is 3.92. The molecule has 132 valence electrons. The van der Waals surface area contributed by atoms with Crippen molar-refractivity contribution in [1.82, 2.24) is 5.43 Å². The predicted molar refractivity (Wildman–Crippen MR) is 100.0 cm³/mol. The van der Waals surface area contributed by atoms with Gasteiger partial charge in [-0.05, 0) is 35.9 Å². The van der Waals surface area contributed by atoms with Crippen molar-refractivity contribution in [2.24, 2.45) is 5.10 Å². The third-order valence-electron chi connectivity index (χ3n) is 3.57. The number of nitrogens with zero attached hydrogens (tertiary/aromatic N) is 1. The SMILES string of the molecule is C=CCOc1ccc(/C=N/NC(=O)c2cc3ccccc3o2)cc1OC. The second kappa shape index (κ2) is 8.02. The normalized spacial score (nSPS) is 10.8. The lowest BCUT2D eigenvalue weighted by molar-refractivity contribution is 0.0929. The number of amides is 1. The molecule has 1 heterocycles. The van der Waals surface area contributed by atoms with Gasteiger partial charge in [-0.15, -0.1) is 0 Å². The smallest absolute Gasteiger partial charge is 0.307 e. The molecule has 3 aromatic rings. The summed E-state index contributed by atoms with van der Waals surface area (Å²) in [6.45, 7) is 4.00. The van der Waals surface area contributed by atoms with E-state index in [9.17, 15) is 4.79 Å². The van der Waals surface area contributed by atoms with Crippen molar-refractivity contribution in [2.45, 2.75) is 0 Å². The van der Waals surface area contributed by atoms with Gasteiger partial charge in [0.15, 0.2) is 17.3 Å². The average molecular weight is 350 g/mol. The maximum atomic E-state index is 12.1. The summed E-state index contributed by atoms with van der Waals surface area (Å²) in [5, 5.41) is 4.82. The topological polar surface area (TPSA) is 73.1 Å². The van der Waals surface area contributed by atoms with E-state index in [1.807, 2.05) is 18.2 Å². The maximum Gasteiger partial charge on any atom is 0.307 e. The van der Waals surface area contributed by atoms with Crippen molar-refractivity contribution in [2.75, 3.05) is 13.7 Å². The monoisotopic (exact) mass is 350 g/mol. The first-order chi connectivity index (χ1) is 12.7. The molecule has 0 unspecified atom stereocenters. The van der Waals surface area contributed by atoms with Crippen LogP contribution in [-0.4, -0.2) is 25.8 Å². The zero-order valence-electron chi connectivity index (χ0n) is 14.3. The number of rotatable bonds is 7. The maximum absolute atomic E-state index is 12.1. The van der Waals surface area contributed by atoms with Gasteiger partial charge in [0.2, 0.25) is 0 Å². The predicted octanol–water partition coefficient (Wildman–Crippen LogP) is 3.77. The van der Waals surface area contributed by atoms with Gasteiger partial charge >= 0.3 is 5.91 Å². The van der Waals surface area contributed by atoms with Crippen LogP contribution in [0.25, 0.3) is 11.0 Å². The van der Waals surface area contributed by atoms with Crippen LogP contribution in [0, 0.1) is 0 Å². The van der Waals surface area contributed by atoms with Crippen LogP contribution in [0.3, 0.4) is 0 Å². The van der Waals surface area contributed by atoms with Gasteiger partial charge in [0.25, 0.3) is 0 Å². The molecule has 26 heavy (non-hydrogen) atoms. The zero-order chi connectivity index (χ0) is 18.4. The quantitative estimate of drug-likeness (QED) is 0.400. The minimum absolute atomic E-state index is 0.203. The lowest BCUT2D eigenvalue weighted by atomic mass is 10.2. The Hall–Kier alpha value is -3.54. The minimum Gasteiger partial charge on any atom is -0.493 e. The van der Waals surface area contributed by atoms with Crippen LogP contribution in [0.1, 0.15) is 16.1 Å². The molecule has 1 aromatic heterocycles. The van der Waals surface area contributed by atoms with E-state index in [0.717, 1.165) is 10.9 Å². The number of methoxy groups -OCH3 is 1. The zero-order valence-corrected chi connectivity index (χ0v) is 14.3. The minimum atomic E-state index is -0.421. The summed E-state index contributed by atoms with van der Waals surface area (Å²) in [4.78, 5) is 12.1. The first-order valence-corrected chi connectivity index (χ1v) is 7.95. The summed E-state index contributed by atoms with van der Waals surface area (Å²) in [6, 6.07) is 14.4. The van der Waals surface area contributed by atoms with Gasteiger partial charge in [-0.3, -0.25) is 4.79 Å². The molecule has 2 aromatic carbocycles. The molecule has 3 rings (SSSR count). The number of hydrazone groups is 1. The highest BCUT2D eigenvalue weighted by Gasteiger charge is 2.11. The van der Waals surface area contributed by atoms with Crippen LogP contribution in [0.15, 0.2) is 70.7 Å². The highest BCUT2D eigenvalue weighted by molar-refractivity contribution is 5.96. The number of hydrogen-bond donors (Lipinski definition) is 1. The largest absolute Gasteiger partial charge is 0.493 e. The van der Waals surface area contributed by atoms with Crippen LogP contribution >= 0.6 is 0 Å². The fourth-order valence-electron chi connectivity index (χ4n) is 2.35. The summed E-state index contributed by atoms with van der Waals surface area (Å²) < 4.78 is 16.3. The van der Waals surface area contributed by atoms with E-state index in [4.69, 9.17) is 13.9 Å². The van der Waals surface area contributed by atoms with E-state index >= 15 is 0 Å². The first kappa shape index (κ1) is 17.3. The van der Waals surface area contributed by atoms with Gasteiger partial charge in [-0.25, -0.2) is 5.43 Å². The standard InChI is InChI=1S/C20H18N2O4/c1-3-10-25-17-9-8-14(11-18(17)24-2)13-21-22-20(23)19-12-15-6-4-5-7-16(15)26-19/h3-9,11-13H,1,10H2,2H3,(H,22,23)/b21-13+. The van der Waals surface area contributed by atoms with Gasteiger partial charge < -0.3 is 13.9 Å². The van der Waals surface area contributed by atoms with E-state index in [0.29, 0.717) is 23.7 Å². The fraction of sp³-hybridized carbons (Fsp3) is 0.100. The molecule has 0 saturated heterocycles. The molecule has 1 N–H and O–H groups in total. The molecule has 0 spiro atoms. The lowest BCUT2D eigenvalue weighted by Gasteiger charge is -2.09. The van der Waals surface area contributed by atoms with Crippen LogP contribution in [0.4, 0.5) is 0 Å². The molecule has 0 aliphatic heterocycles. The van der Waals surface area contributed by atoms with E-state index in [1.165, 1.54) is 6.21 Å². The number of benzene rings is 2. The molecule has 0 aliphatic rings. The fourth-order valence-corrected chi connectivity index (χ4v) is 2.35. The van der Waals surface area contributed by atoms with Crippen LogP contribution in [0.5, 0.6) is 11.5 Å². The van der Waals surface area contributed by atoms with Crippen molar-refractivity contribution in [1.29, 1.82) is 0 Å². The van der Waals surface area contributed by atoms with Crippen LogP contribution in [-0.2, 0) is 0 Å². The second-order valence-corrected chi connectivity index (χ2v) is 5.36. The summed E-state index contributed by atoms with van der Waals surface area (Å²) in [7, 11) is 1.56. The molecular weight excluding hydrogens is 332 g/mol. The summed E-state index contributed by atoms with van der Waals surface area (Å²) in [6.07, 6.45) is 3.17. The molecule has 0 atom stereocenters. The highest BCUT2D eigenvalue weighted by atomic mass is 16.5. The number of carbonyl (C=O) groups is 1. The number of hydrogen-bond acceptors (Lipinski definition) is 5. The summed E-state index contributed by atoms with van der Waals surface area (Å²) >= 11 is 0. The number of para-hydroxylation sites is 1. The Labute approximate surface area is 150 Å². The number of fused-ring (bicyclic) bond motifs is 1. The van der Waals surface area contributed by atoms with Crippen molar-refractivity contribution in [3.63, 3.8) is 0 Å². The van der Waals surface area contributed by atoms with E-state index in [-0.39, 0.29) is 5.76 Å². The van der Waals surface area contributed by atoms with Gasteiger partial charge in [0.1, 0.15) is 12.2 Å². The van der Waals surface area contributed by atoms with Gasteiger partial charge in [0.05, 0.1) is 13.3 Å². The van der Waals surface area contributed by atoms with Crippen molar-refractivity contribution in [3.8, 4) is 11.5 Å². The van der Waals surface area contributed by atoms with E-state index < -0.39 is 5.91 Å². The van der Waals surface area contributed by atoms with Crippen molar-refractivity contribution in [3.05, 3.63) is 72.5 Å². The van der Waals surface area contributed by atoms with Crippen molar-refractivity contribution >= 4 is 23.1 Å². The van der Waals surface area contributed by atoms with Gasteiger partial charge in [0, 0.05) is 5.39 Å². The first-order valence-electron chi connectivity index (χ1n) is 7.95. The molecule has 0 saturated carbocycles. The highest BCUT2D eigenvalue weighted by Crippen LogP contribution is 2.27. The second-order valence-electron chi connectivity index (χ2n) is 5.36. The molecule has 0 bridgehead atoms. The Kier molecular flexibility index (Phi) is 5.34. The number of furan rings is 1. The molecule has 0 radical (unpaired) electrons. The summed E-state index contributed by atoms with van der Waals surface area (Å²) in [5.74, 6) is 0.958. The van der Waals surface area contributed by atoms with Crippen LogP contribution in [0.2, 0.25) is 0 Å². The average Bonchev–Trinajstić information content (AvgIpc) is 3.11. The Bertz CT molecular complexity index is 926. The molecule has 1 amide bonds. The molecule has 0 aliphatic carbocycles. The third-order valence-corrected chi connectivity index (χ3v) is 3.57. The molecule has 6 nitrogen and oxygen atoms in total. The number of ether oxygens (including phenoxy) is 2. The van der Waals surface area contributed by atoms with E-state index in [2.05, 4.69) is 17.1 Å². The lowest BCUT2D eigenvalue weighted by Crippen LogP contribution is -2.16. The Balaban J connectivity index is 1.67. The molecule has 6 heteroatoms. The summed E-state index contributed by atoms with van der Waals surface area (Å²) in [5.41, 5.74) is 3.85. The van der Waals surface area contributed by atoms with Crippen LogP contribution < -0.4 is 14.9 Å². The number of carbonyl (C=O) groups excluding carboxylic acids is 1. The molecular formula is C20H18N2O4. The van der Waals surface area contributed by atoms with E-state index in [1.54, 1.807) is 43.5 Å². The Morgan fingerprint density at radius 3 is 2.85 bits per heavy atom. The number of nitrogens with one attached hydrogen (secondary N) is 1. The Morgan fingerprint density at radius 2 is 2.08 bits per heavy atom. The Morgan fingerprint density at radius 1 is 1.23 bits per heavy atom. The molecule has 0 fully saturated rings.